The van der Waals surface area contributed by atoms with E-state index < -0.39 is 5.97 Å². The molecule has 6 nitrogen and oxygen atoms in total. The molecule has 26 heavy (non-hydrogen) atoms. The second kappa shape index (κ2) is 7.02. The predicted octanol–water partition coefficient (Wildman–Crippen LogP) is 3.33. The van der Waals surface area contributed by atoms with Gasteiger partial charge in [0.05, 0.1) is 37.0 Å². The monoisotopic (exact) mass is 356 g/mol. The van der Waals surface area contributed by atoms with E-state index in [0.29, 0.717) is 6.61 Å². The number of hydrogen-bond acceptors (Lipinski definition) is 5. The summed E-state index contributed by atoms with van der Waals surface area (Å²) in [6.07, 6.45) is 5.64. The normalized spacial score (nSPS) is 22.6. The van der Waals surface area contributed by atoms with Crippen LogP contribution < -0.4 is 14.4 Å². The van der Waals surface area contributed by atoms with Crippen molar-refractivity contribution in [1.82, 2.24) is 4.98 Å². The summed E-state index contributed by atoms with van der Waals surface area (Å²) in [6, 6.07) is 5.83. The van der Waals surface area contributed by atoms with Gasteiger partial charge in [-0.05, 0) is 37.0 Å². The Morgan fingerprint density at radius 3 is 3.04 bits per heavy atom. The minimum absolute atomic E-state index is 0.168. The first-order valence-electron chi connectivity index (χ1n) is 9.24. The van der Waals surface area contributed by atoms with Crippen LogP contribution >= 0.6 is 0 Å². The largest absolute Gasteiger partial charge is 0.497 e. The average molecular weight is 356 g/mol. The van der Waals surface area contributed by atoms with Crippen molar-refractivity contribution in [2.24, 2.45) is 11.8 Å². The lowest BCUT2D eigenvalue weighted by Gasteiger charge is -2.37. The zero-order valence-corrected chi connectivity index (χ0v) is 15.0. The maximum Gasteiger partial charge on any atom is 0.306 e. The number of aliphatic carboxylic acids is 1. The highest BCUT2D eigenvalue weighted by Gasteiger charge is 2.33. The molecule has 2 atom stereocenters. The molecule has 2 aromatic rings. The van der Waals surface area contributed by atoms with Gasteiger partial charge in [0.25, 0.3) is 0 Å². The topological polar surface area (TPSA) is 71.9 Å². The van der Waals surface area contributed by atoms with Crippen molar-refractivity contribution < 1.29 is 19.4 Å². The van der Waals surface area contributed by atoms with Crippen LogP contribution in [0.5, 0.6) is 11.5 Å². The molecule has 1 saturated carbocycles. The van der Waals surface area contributed by atoms with E-state index in [4.69, 9.17) is 9.47 Å². The Bertz CT molecular complexity index is 818. The number of carbonyl (C=O) groups is 1. The summed E-state index contributed by atoms with van der Waals surface area (Å²) in [5.74, 6) is 0.794. The third-order valence-electron chi connectivity index (χ3n) is 5.63. The molecule has 138 valence electrons. The number of hydrogen-bond donors (Lipinski definition) is 1. The molecule has 1 aromatic carbocycles. The van der Waals surface area contributed by atoms with Crippen molar-refractivity contribution in [3.63, 3.8) is 0 Å². The van der Waals surface area contributed by atoms with E-state index in [1.54, 1.807) is 13.3 Å². The number of benzene rings is 1. The Labute approximate surface area is 152 Å². The zero-order chi connectivity index (χ0) is 18.1. The number of pyridine rings is 1. The number of methoxy groups -OCH3 is 1. The SMILES string of the molecule is COc1ccc2ncc3c(c2c1)N(C[C@H]1CCCC[C@H]1C(=O)O)CCO3. The van der Waals surface area contributed by atoms with Gasteiger partial charge in [0.2, 0.25) is 0 Å². The second-order valence-corrected chi connectivity index (χ2v) is 7.14. The Morgan fingerprint density at radius 1 is 1.38 bits per heavy atom. The van der Waals surface area contributed by atoms with Crippen molar-refractivity contribution in [3.05, 3.63) is 24.4 Å². The van der Waals surface area contributed by atoms with Crippen molar-refractivity contribution in [2.45, 2.75) is 25.7 Å². The molecule has 6 heteroatoms. The fourth-order valence-electron chi connectivity index (χ4n) is 4.29. The van der Waals surface area contributed by atoms with Crippen LogP contribution in [0, 0.1) is 11.8 Å². The highest BCUT2D eigenvalue weighted by atomic mass is 16.5. The minimum Gasteiger partial charge on any atom is -0.497 e. The molecule has 2 heterocycles. The summed E-state index contributed by atoms with van der Waals surface area (Å²) < 4.78 is 11.2. The van der Waals surface area contributed by atoms with Crippen LogP contribution in [0.2, 0.25) is 0 Å². The molecule has 1 N–H and O–H groups in total. The quantitative estimate of drug-likeness (QED) is 0.906. The van der Waals surface area contributed by atoms with Crippen molar-refractivity contribution >= 4 is 22.6 Å². The molecule has 0 spiro atoms. The highest BCUT2D eigenvalue weighted by molar-refractivity contribution is 5.96. The van der Waals surface area contributed by atoms with E-state index in [1.165, 1.54) is 0 Å². The number of rotatable bonds is 4. The number of fused-ring (bicyclic) bond motifs is 3. The van der Waals surface area contributed by atoms with Crippen LogP contribution in [-0.2, 0) is 4.79 Å². The van der Waals surface area contributed by atoms with Gasteiger partial charge in [-0.25, -0.2) is 0 Å². The van der Waals surface area contributed by atoms with E-state index in [1.807, 2.05) is 18.2 Å². The summed E-state index contributed by atoms with van der Waals surface area (Å²) >= 11 is 0. The Hall–Kier alpha value is -2.50. The number of nitrogens with zero attached hydrogens (tertiary/aromatic N) is 2. The minimum atomic E-state index is -0.663. The first kappa shape index (κ1) is 16.9. The van der Waals surface area contributed by atoms with Gasteiger partial charge in [0.15, 0.2) is 5.75 Å². The lowest BCUT2D eigenvalue weighted by Crippen LogP contribution is -2.41. The molecule has 4 rings (SSSR count). The van der Waals surface area contributed by atoms with Crippen molar-refractivity contribution in [1.29, 1.82) is 0 Å². The Kier molecular flexibility index (Phi) is 4.57. The van der Waals surface area contributed by atoms with Gasteiger partial charge < -0.3 is 19.5 Å². The molecular weight excluding hydrogens is 332 g/mol. The van der Waals surface area contributed by atoms with Crippen LogP contribution in [-0.4, -0.2) is 42.9 Å². The van der Waals surface area contributed by atoms with Gasteiger partial charge in [0.1, 0.15) is 12.4 Å². The van der Waals surface area contributed by atoms with Crippen molar-refractivity contribution in [2.75, 3.05) is 31.7 Å². The summed E-state index contributed by atoms with van der Waals surface area (Å²) in [5.41, 5.74) is 1.90. The van der Waals surface area contributed by atoms with E-state index in [-0.39, 0.29) is 11.8 Å². The van der Waals surface area contributed by atoms with Gasteiger partial charge in [-0.2, -0.15) is 0 Å². The molecule has 0 amide bonds. The number of anilines is 1. The summed E-state index contributed by atoms with van der Waals surface area (Å²) in [5, 5.41) is 10.6. The van der Waals surface area contributed by atoms with Gasteiger partial charge in [-0.3, -0.25) is 9.78 Å². The average Bonchev–Trinajstić information content (AvgIpc) is 2.67. The van der Waals surface area contributed by atoms with Gasteiger partial charge in [-0.1, -0.05) is 12.8 Å². The maximum absolute atomic E-state index is 11.7. The van der Waals surface area contributed by atoms with Crippen LogP contribution in [0.1, 0.15) is 25.7 Å². The fourth-order valence-corrected chi connectivity index (χ4v) is 4.29. The van der Waals surface area contributed by atoms with E-state index >= 15 is 0 Å². The molecule has 1 aliphatic heterocycles. The van der Waals surface area contributed by atoms with E-state index in [2.05, 4.69) is 9.88 Å². The van der Waals surface area contributed by atoms with Gasteiger partial charge in [0, 0.05) is 11.9 Å². The lowest BCUT2D eigenvalue weighted by molar-refractivity contribution is -0.144. The molecule has 0 bridgehead atoms. The van der Waals surface area contributed by atoms with Crippen molar-refractivity contribution in [3.8, 4) is 11.5 Å². The predicted molar refractivity (Wildman–Crippen MR) is 99.1 cm³/mol. The maximum atomic E-state index is 11.7. The molecular formula is C20H24N2O4. The molecule has 1 fully saturated rings. The van der Waals surface area contributed by atoms with E-state index in [9.17, 15) is 9.90 Å². The molecule has 1 aromatic heterocycles. The van der Waals surface area contributed by atoms with Gasteiger partial charge >= 0.3 is 5.97 Å². The molecule has 0 radical (unpaired) electrons. The fraction of sp³-hybridized carbons (Fsp3) is 0.500. The summed E-state index contributed by atoms with van der Waals surface area (Å²) in [4.78, 5) is 18.5. The van der Waals surface area contributed by atoms with Crippen LogP contribution in [0.15, 0.2) is 24.4 Å². The number of carboxylic acid groups (broad SMARTS) is 1. The number of ether oxygens (including phenoxy) is 2. The summed E-state index contributed by atoms with van der Waals surface area (Å²) in [7, 11) is 1.65. The molecule has 1 aliphatic carbocycles. The molecule has 0 unspecified atom stereocenters. The first-order valence-corrected chi connectivity index (χ1v) is 9.24. The molecule has 2 aliphatic rings. The standard InChI is InChI=1S/C20H24N2O4/c1-25-14-6-7-17-16(10-14)19-18(11-21-17)26-9-8-22(19)12-13-4-2-3-5-15(13)20(23)24/h6-7,10-11,13,15H,2-5,8-9,12H2,1H3,(H,23,24)/t13-,15-/m1/s1. The summed E-state index contributed by atoms with van der Waals surface area (Å²) in [6.45, 7) is 2.09. The van der Waals surface area contributed by atoms with Gasteiger partial charge in [-0.15, -0.1) is 0 Å². The number of carboxylic acids is 1. The Balaban J connectivity index is 1.71. The second-order valence-electron chi connectivity index (χ2n) is 7.14. The third-order valence-corrected chi connectivity index (χ3v) is 5.63. The third kappa shape index (κ3) is 3.04. The van der Waals surface area contributed by atoms with Crippen LogP contribution in [0.25, 0.3) is 10.9 Å². The first-order chi connectivity index (χ1) is 12.7. The van der Waals surface area contributed by atoms with Crippen LogP contribution in [0.4, 0.5) is 5.69 Å². The zero-order valence-electron chi connectivity index (χ0n) is 15.0. The van der Waals surface area contributed by atoms with Crippen LogP contribution in [0.3, 0.4) is 0 Å². The Morgan fingerprint density at radius 2 is 2.23 bits per heavy atom. The smallest absolute Gasteiger partial charge is 0.306 e. The lowest BCUT2D eigenvalue weighted by atomic mass is 9.79. The van der Waals surface area contributed by atoms with E-state index in [0.717, 1.165) is 66.9 Å². The number of aromatic nitrogens is 1. The highest BCUT2D eigenvalue weighted by Crippen LogP contribution is 2.40. The molecule has 0 saturated heterocycles.